The summed E-state index contributed by atoms with van der Waals surface area (Å²) in [6.45, 7) is 6.50. The molecule has 1 atom stereocenters. The molecule has 8 heteroatoms. The van der Waals surface area contributed by atoms with Crippen LogP contribution < -0.4 is 10.6 Å². The summed E-state index contributed by atoms with van der Waals surface area (Å²) in [5, 5.41) is 4.50. The van der Waals surface area contributed by atoms with Crippen molar-refractivity contribution in [2.45, 2.75) is 45.1 Å². The summed E-state index contributed by atoms with van der Waals surface area (Å²) < 4.78 is 29.6. The molecule has 29 heavy (non-hydrogen) atoms. The number of carbonyl (C=O) groups is 1. The molecule has 1 fully saturated rings. The number of hydrogen-bond donors (Lipinski definition) is 1. The summed E-state index contributed by atoms with van der Waals surface area (Å²) >= 11 is 0. The van der Waals surface area contributed by atoms with E-state index in [2.05, 4.69) is 10.1 Å². The molecule has 1 aliphatic heterocycles. The number of nitrogens with zero attached hydrogens (tertiary/aromatic N) is 4. The molecule has 1 unspecified atom stereocenters. The number of rotatable bonds is 3. The minimum Gasteiger partial charge on any atom is -0.365 e. The maximum absolute atomic E-state index is 14.4. The maximum Gasteiger partial charge on any atom is 0.254 e. The average Bonchev–Trinajstić information content (AvgIpc) is 3.27. The Morgan fingerprint density at radius 3 is 2.69 bits per heavy atom. The molecule has 1 saturated heterocycles. The van der Waals surface area contributed by atoms with Crippen LogP contribution in [0.2, 0.25) is 0 Å². The Hall–Kier alpha value is -3.03. The van der Waals surface area contributed by atoms with Gasteiger partial charge in [-0.05, 0) is 37.1 Å². The fraction of sp³-hybridized carbons (Fsp3) is 0.381. The molecular formula is C21H23F2N5O. The Bertz CT molecular complexity index is 1100. The molecule has 0 aliphatic carbocycles. The molecule has 2 aromatic heterocycles. The zero-order valence-electron chi connectivity index (χ0n) is 16.6. The summed E-state index contributed by atoms with van der Waals surface area (Å²) in [5.41, 5.74) is 6.79. The Kier molecular flexibility index (Phi) is 4.52. The number of carbonyl (C=O) groups excluding carboxylic acids is 1. The highest BCUT2D eigenvalue weighted by molar-refractivity contribution is 6.00. The van der Waals surface area contributed by atoms with Crippen LogP contribution in [0, 0.1) is 11.6 Å². The molecule has 2 N–H and O–H groups in total. The van der Waals surface area contributed by atoms with Crippen molar-refractivity contribution in [3.05, 3.63) is 58.9 Å². The number of nitrogens with two attached hydrogens (primary N) is 1. The van der Waals surface area contributed by atoms with Crippen LogP contribution in [-0.4, -0.2) is 27.0 Å². The fourth-order valence-electron chi connectivity index (χ4n) is 3.97. The molecule has 152 valence electrons. The highest BCUT2D eigenvalue weighted by Crippen LogP contribution is 2.37. The Balaban J connectivity index is 1.82. The van der Waals surface area contributed by atoms with Crippen molar-refractivity contribution in [2.75, 3.05) is 11.4 Å². The lowest BCUT2D eigenvalue weighted by molar-refractivity contribution is 0.0999. The smallest absolute Gasteiger partial charge is 0.254 e. The molecule has 0 bridgehead atoms. The first-order valence-electron chi connectivity index (χ1n) is 9.58. The van der Waals surface area contributed by atoms with Crippen LogP contribution in [-0.2, 0) is 5.41 Å². The zero-order chi connectivity index (χ0) is 20.9. The topological polar surface area (TPSA) is 76.5 Å². The first-order valence-corrected chi connectivity index (χ1v) is 9.58. The normalized spacial score (nSPS) is 17.3. The van der Waals surface area contributed by atoms with Gasteiger partial charge in [0.25, 0.3) is 5.91 Å². The van der Waals surface area contributed by atoms with Crippen LogP contribution >= 0.6 is 0 Å². The lowest BCUT2D eigenvalue weighted by Crippen LogP contribution is -2.25. The van der Waals surface area contributed by atoms with Crippen molar-refractivity contribution >= 4 is 17.4 Å². The summed E-state index contributed by atoms with van der Waals surface area (Å²) in [6, 6.07) is 4.94. The minimum absolute atomic E-state index is 0.284. The van der Waals surface area contributed by atoms with Gasteiger partial charge in [-0.1, -0.05) is 20.8 Å². The van der Waals surface area contributed by atoms with Gasteiger partial charge in [0.15, 0.2) is 5.65 Å². The molecule has 1 amide bonds. The van der Waals surface area contributed by atoms with Gasteiger partial charge in [0, 0.05) is 23.7 Å². The minimum atomic E-state index is -0.594. The molecular weight excluding hydrogens is 376 g/mol. The molecule has 1 aromatic carbocycles. The van der Waals surface area contributed by atoms with E-state index >= 15 is 0 Å². The van der Waals surface area contributed by atoms with Crippen molar-refractivity contribution in [1.29, 1.82) is 0 Å². The monoisotopic (exact) mass is 399 g/mol. The second kappa shape index (κ2) is 6.79. The van der Waals surface area contributed by atoms with Gasteiger partial charge in [-0.2, -0.15) is 5.10 Å². The van der Waals surface area contributed by atoms with E-state index in [-0.39, 0.29) is 17.0 Å². The average molecular weight is 399 g/mol. The van der Waals surface area contributed by atoms with E-state index in [0.717, 1.165) is 18.6 Å². The van der Waals surface area contributed by atoms with Gasteiger partial charge < -0.3 is 10.6 Å². The first-order chi connectivity index (χ1) is 13.7. The van der Waals surface area contributed by atoms with E-state index in [1.165, 1.54) is 10.6 Å². The standard InChI is InChI=1S/C21H23F2N5O/c1-21(2,3)18-17(19(24)29)20-25-16(8-10-28(20)26-18)27-9-4-5-15(27)13-11-12(22)6-7-14(13)23/h6-8,10-11,15H,4-5,9H2,1-3H3,(H2,24,29). The molecule has 0 radical (unpaired) electrons. The van der Waals surface area contributed by atoms with E-state index in [4.69, 9.17) is 5.73 Å². The highest BCUT2D eigenvalue weighted by Gasteiger charge is 2.32. The third-order valence-corrected chi connectivity index (χ3v) is 5.29. The number of fused-ring (bicyclic) bond motifs is 1. The molecule has 0 saturated carbocycles. The lowest BCUT2D eigenvalue weighted by Gasteiger charge is -2.26. The van der Waals surface area contributed by atoms with Crippen LogP contribution in [0.25, 0.3) is 5.65 Å². The van der Waals surface area contributed by atoms with Crippen LogP contribution in [0.4, 0.5) is 14.6 Å². The molecule has 3 aromatic rings. The Morgan fingerprint density at radius 2 is 2.00 bits per heavy atom. The number of benzene rings is 1. The van der Waals surface area contributed by atoms with Crippen LogP contribution in [0.1, 0.15) is 61.3 Å². The van der Waals surface area contributed by atoms with Crippen molar-refractivity contribution in [2.24, 2.45) is 5.73 Å². The second-order valence-corrected chi connectivity index (χ2v) is 8.41. The number of amides is 1. The third kappa shape index (κ3) is 3.32. The van der Waals surface area contributed by atoms with Crippen LogP contribution in [0.3, 0.4) is 0 Å². The van der Waals surface area contributed by atoms with Crippen molar-refractivity contribution < 1.29 is 13.6 Å². The van der Waals surface area contributed by atoms with Gasteiger partial charge in [0.1, 0.15) is 23.0 Å². The predicted molar refractivity (Wildman–Crippen MR) is 106 cm³/mol. The largest absolute Gasteiger partial charge is 0.365 e. The van der Waals surface area contributed by atoms with Gasteiger partial charge in [-0.3, -0.25) is 4.79 Å². The first kappa shape index (κ1) is 19.3. The van der Waals surface area contributed by atoms with E-state index in [1.54, 1.807) is 12.3 Å². The number of primary amides is 1. The van der Waals surface area contributed by atoms with Crippen molar-refractivity contribution in [1.82, 2.24) is 14.6 Å². The molecule has 6 nitrogen and oxygen atoms in total. The number of hydrogen-bond acceptors (Lipinski definition) is 4. The Labute approximate surface area is 167 Å². The summed E-state index contributed by atoms with van der Waals surface area (Å²) in [6.07, 6.45) is 3.22. The summed E-state index contributed by atoms with van der Waals surface area (Å²) in [5.74, 6) is -0.935. The molecule has 1 aliphatic rings. The van der Waals surface area contributed by atoms with Crippen LogP contribution in [0.5, 0.6) is 0 Å². The Morgan fingerprint density at radius 1 is 1.24 bits per heavy atom. The SMILES string of the molecule is CC(C)(C)c1nn2ccc(N3CCCC3c3cc(F)ccc3F)nc2c1C(N)=O. The van der Waals surface area contributed by atoms with Gasteiger partial charge in [0.2, 0.25) is 0 Å². The zero-order valence-corrected chi connectivity index (χ0v) is 16.6. The third-order valence-electron chi connectivity index (χ3n) is 5.29. The van der Waals surface area contributed by atoms with E-state index < -0.39 is 17.5 Å². The lowest BCUT2D eigenvalue weighted by atomic mass is 9.89. The van der Waals surface area contributed by atoms with Crippen LogP contribution in [0.15, 0.2) is 30.5 Å². The molecule has 0 spiro atoms. The fourth-order valence-corrected chi connectivity index (χ4v) is 3.97. The number of aromatic nitrogens is 3. The number of anilines is 1. The highest BCUT2D eigenvalue weighted by atomic mass is 19.1. The van der Waals surface area contributed by atoms with Gasteiger partial charge in [-0.15, -0.1) is 0 Å². The van der Waals surface area contributed by atoms with Gasteiger partial charge in [0.05, 0.1) is 11.7 Å². The maximum atomic E-state index is 14.4. The van der Waals surface area contributed by atoms with Gasteiger partial charge in [-0.25, -0.2) is 18.3 Å². The van der Waals surface area contributed by atoms with E-state index in [0.29, 0.717) is 35.7 Å². The quantitative estimate of drug-likeness (QED) is 0.728. The molecule has 4 rings (SSSR count). The van der Waals surface area contributed by atoms with Gasteiger partial charge >= 0.3 is 0 Å². The summed E-state index contributed by atoms with van der Waals surface area (Å²) in [4.78, 5) is 18.8. The predicted octanol–water partition coefficient (Wildman–Crippen LogP) is 3.75. The van der Waals surface area contributed by atoms with Crippen molar-refractivity contribution in [3.8, 4) is 0 Å². The number of halogens is 2. The van der Waals surface area contributed by atoms with E-state index in [1.807, 2.05) is 25.7 Å². The van der Waals surface area contributed by atoms with E-state index in [9.17, 15) is 13.6 Å². The van der Waals surface area contributed by atoms with Crippen molar-refractivity contribution in [3.63, 3.8) is 0 Å². The summed E-state index contributed by atoms with van der Waals surface area (Å²) in [7, 11) is 0. The molecule has 3 heterocycles. The second-order valence-electron chi connectivity index (χ2n) is 8.41.